The fourth-order valence-corrected chi connectivity index (χ4v) is 3.08. The van der Waals surface area contributed by atoms with E-state index in [0.717, 1.165) is 21.8 Å². The van der Waals surface area contributed by atoms with Crippen molar-refractivity contribution in [3.63, 3.8) is 0 Å². The first-order chi connectivity index (χ1) is 10.5. The maximum absolute atomic E-state index is 11.7. The fourth-order valence-electron chi connectivity index (χ4n) is 2.09. The Hall–Kier alpha value is -1.68. The molecule has 0 radical (unpaired) electrons. The topological polar surface area (TPSA) is 42.0 Å². The van der Waals surface area contributed by atoms with Gasteiger partial charge < -0.3 is 5.32 Å². The maximum atomic E-state index is 11.7. The lowest BCUT2D eigenvalue weighted by molar-refractivity contribution is -0.121. The summed E-state index contributed by atoms with van der Waals surface area (Å²) in [5.41, 5.74) is 3.39. The van der Waals surface area contributed by atoms with Gasteiger partial charge in [-0.3, -0.25) is 4.79 Å². The van der Waals surface area contributed by atoms with Gasteiger partial charge in [0.1, 0.15) is 5.01 Å². The summed E-state index contributed by atoms with van der Waals surface area (Å²) in [6.45, 7) is 8.99. The zero-order valence-corrected chi connectivity index (χ0v) is 14.5. The molecule has 2 aromatic rings. The molecule has 0 aliphatic rings. The van der Waals surface area contributed by atoms with Crippen LogP contribution < -0.4 is 5.32 Å². The molecular weight excluding hydrogens is 292 g/mol. The Kier molecular flexibility index (Phi) is 5.72. The Labute approximate surface area is 136 Å². The molecule has 0 aliphatic heterocycles. The van der Waals surface area contributed by atoms with Crippen LogP contribution in [0.15, 0.2) is 29.6 Å². The highest BCUT2D eigenvalue weighted by atomic mass is 32.1. The summed E-state index contributed by atoms with van der Waals surface area (Å²) in [7, 11) is 0. The number of thiazole rings is 1. The van der Waals surface area contributed by atoms with Crippen LogP contribution in [0.5, 0.6) is 0 Å². The minimum atomic E-state index is 0.112. The third-order valence-corrected chi connectivity index (χ3v) is 4.31. The van der Waals surface area contributed by atoms with E-state index in [1.165, 1.54) is 0 Å². The van der Waals surface area contributed by atoms with Gasteiger partial charge in [0.25, 0.3) is 0 Å². The molecule has 1 heterocycles. The Morgan fingerprint density at radius 3 is 2.41 bits per heavy atom. The monoisotopic (exact) mass is 316 g/mol. The predicted octanol–water partition coefficient (Wildman–Crippen LogP) is 4.60. The van der Waals surface area contributed by atoms with Crippen molar-refractivity contribution >= 4 is 17.2 Å². The average Bonchev–Trinajstić information content (AvgIpc) is 2.95. The molecule has 3 nitrogen and oxygen atoms in total. The summed E-state index contributed by atoms with van der Waals surface area (Å²) in [6, 6.07) is 8.27. The van der Waals surface area contributed by atoms with Gasteiger partial charge in [-0.05, 0) is 17.4 Å². The highest BCUT2D eigenvalue weighted by molar-refractivity contribution is 7.13. The lowest BCUT2D eigenvalue weighted by atomic mass is 10.1. The van der Waals surface area contributed by atoms with Gasteiger partial charge in [0.15, 0.2) is 0 Å². The van der Waals surface area contributed by atoms with E-state index in [0.29, 0.717) is 24.8 Å². The van der Waals surface area contributed by atoms with Crippen molar-refractivity contribution in [1.82, 2.24) is 10.3 Å². The minimum absolute atomic E-state index is 0.112. The third kappa shape index (κ3) is 4.67. The standard InChI is InChI=1S/C18H24N2OS/c1-12(2)9-17(21)19-10-14-5-7-15(8-6-14)18-20-16(11-22-18)13(3)4/h5-8,11-13H,9-10H2,1-4H3,(H,19,21). The SMILES string of the molecule is CC(C)CC(=O)NCc1ccc(-c2nc(C(C)C)cs2)cc1. The second-order valence-corrected chi connectivity index (χ2v) is 7.16. The highest BCUT2D eigenvalue weighted by Crippen LogP contribution is 2.26. The predicted molar refractivity (Wildman–Crippen MR) is 92.9 cm³/mol. The molecule has 1 aromatic carbocycles. The molecule has 2 rings (SSSR count). The van der Waals surface area contributed by atoms with Crippen molar-refractivity contribution in [2.45, 2.75) is 46.6 Å². The van der Waals surface area contributed by atoms with Crippen molar-refractivity contribution in [1.29, 1.82) is 0 Å². The highest BCUT2D eigenvalue weighted by Gasteiger charge is 2.08. The van der Waals surface area contributed by atoms with Gasteiger partial charge in [-0.25, -0.2) is 4.98 Å². The Morgan fingerprint density at radius 2 is 1.86 bits per heavy atom. The number of carbonyl (C=O) groups excluding carboxylic acids is 1. The number of amides is 1. The van der Waals surface area contributed by atoms with Gasteiger partial charge in [0.05, 0.1) is 5.69 Å². The van der Waals surface area contributed by atoms with Crippen LogP contribution in [0.25, 0.3) is 10.6 Å². The number of aromatic nitrogens is 1. The molecule has 0 saturated heterocycles. The van der Waals surface area contributed by atoms with Gasteiger partial charge >= 0.3 is 0 Å². The van der Waals surface area contributed by atoms with Gasteiger partial charge in [0.2, 0.25) is 5.91 Å². The van der Waals surface area contributed by atoms with E-state index in [1.54, 1.807) is 11.3 Å². The van der Waals surface area contributed by atoms with E-state index in [-0.39, 0.29) is 5.91 Å². The number of hydrogen-bond donors (Lipinski definition) is 1. The molecule has 118 valence electrons. The maximum Gasteiger partial charge on any atom is 0.220 e. The van der Waals surface area contributed by atoms with Gasteiger partial charge in [-0.15, -0.1) is 11.3 Å². The first kappa shape index (κ1) is 16.7. The Bertz CT molecular complexity index is 614. The van der Waals surface area contributed by atoms with Crippen LogP contribution in [0, 0.1) is 5.92 Å². The number of carbonyl (C=O) groups is 1. The van der Waals surface area contributed by atoms with Crippen LogP contribution in [0.1, 0.15) is 51.3 Å². The smallest absolute Gasteiger partial charge is 0.220 e. The van der Waals surface area contributed by atoms with Crippen LogP contribution >= 0.6 is 11.3 Å². The van der Waals surface area contributed by atoms with Gasteiger partial charge in [0, 0.05) is 23.9 Å². The first-order valence-electron chi connectivity index (χ1n) is 7.77. The lowest BCUT2D eigenvalue weighted by Crippen LogP contribution is -2.23. The molecular formula is C18H24N2OS. The van der Waals surface area contributed by atoms with Crippen LogP contribution in [0.2, 0.25) is 0 Å². The van der Waals surface area contributed by atoms with Crippen molar-refractivity contribution in [3.05, 3.63) is 40.9 Å². The van der Waals surface area contributed by atoms with E-state index in [2.05, 4.69) is 53.8 Å². The zero-order chi connectivity index (χ0) is 16.1. The summed E-state index contributed by atoms with van der Waals surface area (Å²) in [5.74, 6) is 0.962. The van der Waals surface area contributed by atoms with Crippen LogP contribution in [-0.4, -0.2) is 10.9 Å². The fraction of sp³-hybridized carbons (Fsp3) is 0.444. The number of nitrogens with one attached hydrogen (secondary N) is 1. The Balaban J connectivity index is 1.96. The summed E-state index contributed by atoms with van der Waals surface area (Å²) >= 11 is 1.68. The first-order valence-corrected chi connectivity index (χ1v) is 8.65. The van der Waals surface area contributed by atoms with Crippen molar-refractivity contribution in [2.24, 2.45) is 5.92 Å². The van der Waals surface area contributed by atoms with Gasteiger partial charge in [-0.1, -0.05) is 52.0 Å². The van der Waals surface area contributed by atoms with Gasteiger partial charge in [-0.2, -0.15) is 0 Å². The number of hydrogen-bond acceptors (Lipinski definition) is 3. The molecule has 0 bridgehead atoms. The molecule has 1 N–H and O–H groups in total. The second-order valence-electron chi connectivity index (χ2n) is 6.30. The van der Waals surface area contributed by atoms with E-state index in [9.17, 15) is 4.79 Å². The molecule has 1 amide bonds. The summed E-state index contributed by atoms with van der Waals surface area (Å²) in [6.07, 6.45) is 0.579. The van der Waals surface area contributed by atoms with E-state index < -0.39 is 0 Å². The van der Waals surface area contributed by atoms with E-state index in [1.807, 2.05) is 13.8 Å². The zero-order valence-electron chi connectivity index (χ0n) is 13.7. The number of rotatable bonds is 6. The molecule has 22 heavy (non-hydrogen) atoms. The van der Waals surface area contributed by atoms with E-state index >= 15 is 0 Å². The quantitative estimate of drug-likeness (QED) is 0.846. The largest absolute Gasteiger partial charge is 0.352 e. The third-order valence-electron chi connectivity index (χ3n) is 3.40. The molecule has 1 aromatic heterocycles. The second kappa shape index (κ2) is 7.54. The van der Waals surface area contributed by atoms with Crippen LogP contribution in [-0.2, 0) is 11.3 Å². The molecule has 4 heteroatoms. The lowest BCUT2D eigenvalue weighted by Gasteiger charge is -2.07. The number of nitrogens with zero attached hydrogens (tertiary/aromatic N) is 1. The normalized spacial score (nSPS) is 11.2. The molecule has 0 unspecified atom stereocenters. The number of benzene rings is 1. The summed E-state index contributed by atoms with van der Waals surface area (Å²) < 4.78 is 0. The summed E-state index contributed by atoms with van der Waals surface area (Å²) in [4.78, 5) is 16.3. The average molecular weight is 316 g/mol. The molecule has 0 saturated carbocycles. The molecule has 0 aliphatic carbocycles. The molecule has 0 atom stereocenters. The molecule has 0 spiro atoms. The van der Waals surface area contributed by atoms with Crippen molar-refractivity contribution in [3.8, 4) is 10.6 Å². The van der Waals surface area contributed by atoms with E-state index in [4.69, 9.17) is 0 Å². The van der Waals surface area contributed by atoms with Crippen LogP contribution in [0.3, 0.4) is 0 Å². The van der Waals surface area contributed by atoms with Crippen molar-refractivity contribution in [2.75, 3.05) is 0 Å². The minimum Gasteiger partial charge on any atom is -0.352 e. The Morgan fingerprint density at radius 1 is 1.18 bits per heavy atom. The molecule has 0 fully saturated rings. The van der Waals surface area contributed by atoms with Crippen molar-refractivity contribution < 1.29 is 4.79 Å². The van der Waals surface area contributed by atoms with Crippen LogP contribution in [0.4, 0.5) is 0 Å². The summed E-state index contributed by atoms with van der Waals surface area (Å²) in [5, 5.41) is 6.14.